The molecule has 0 aliphatic carbocycles. The Kier molecular flexibility index (Phi) is 9.09. The molecule has 0 fully saturated rings. The number of benzene rings is 1. The highest BCUT2D eigenvalue weighted by Gasteiger charge is 2.25. The fraction of sp³-hybridized carbons (Fsp3) is 0.619. The van der Waals surface area contributed by atoms with E-state index in [-0.39, 0.29) is 17.9 Å². The quantitative estimate of drug-likeness (QED) is 0.558. The van der Waals surface area contributed by atoms with Crippen molar-refractivity contribution < 1.29 is 28.9 Å². The number of amides is 1. The molecule has 1 aromatic carbocycles. The normalized spacial score (nSPS) is 12.2. The average molecular weight is 395 g/mol. The number of nitrogens with one attached hydrogen (secondary N) is 1. The van der Waals surface area contributed by atoms with E-state index in [4.69, 9.17) is 19.3 Å². The largest absolute Gasteiger partial charge is 0.493 e. The maximum Gasteiger partial charge on any atom is 0.304 e. The zero-order valence-corrected chi connectivity index (χ0v) is 17.8. The Balaban J connectivity index is 2.73. The van der Waals surface area contributed by atoms with Crippen molar-refractivity contribution in [3.63, 3.8) is 0 Å². The van der Waals surface area contributed by atoms with Crippen molar-refractivity contribution in [1.82, 2.24) is 5.32 Å². The van der Waals surface area contributed by atoms with E-state index in [1.165, 1.54) is 0 Å². The fourth-order valence-corrected chi connectivity index (χ4v) is 3.07. The van der Waals surface area contributed by atoms with E-state index in [1.807, 2.05) is 32.9 Å². The number of hydrogen-bond donors (Lipinski definition) is 2. The lowest BCUT2D eigenvalue weighted by Gasteiger charge is -2.24. The van der Waals surface area contributed by atoms with Gasteiger partial charge in [0.2, 0.25) is 11.7 Å². The Morgan fingerprint density at radius 1 is 1.04 bits per heavy atom. The molecule has 0 heterocycles. The molecule has 0 radical (unpaired) electrons. The first-order valence-corrected chi connectivity index (χ1v) is 9.44. The van der Waals surface area contributed by atoms with Crippen LogP contribution in [0.5, 0.6) is 17.2 Å². The van der Waals surface area contributed by atoms with Crippen molar-refractivity contribution in [2.24, 2.45) is 5.92 Å². The van der Waals surface area contributed by atoms with Gasteiger partial charge in [-0.1, -0.05) is 12.5 Å². The highest BCUT2D eigenvalue weighted by Crippen LogP contribution is 2.40. The van der Waals surface area contributed by atoms with Crippen LogP contribution in [0.25, 0.3) is 0 Å². The molecule has 0 aliphatic rings. The van der Waals surface area contributed by atoms with Gasteiger partial charge in [0.05, 0.1) is 27.8 Å². The van der Waals surface area contributed by atoms with Gasteiger partial charge >= 0.3 is 5.97 Å². The average Bonchev–Trinajstić information content (AvgIpc) is 2.61. The standard InChI is InChI=1S/C21H33NO6/c1-21(2,3)22-20(25)15(13-17(23)24)10-8-7-9-14-11-12-16(26-4)19(28-6)18(14)27-5/h11-12,15H,7-10,13H2,1-6H3,(H,22,25)(H,23,24). The van der Waals surface area contributed by atoms with Crippen LogP contribution in [0.4, 0.5) is 0 Å². The number of carbonyl (C=O) groups is 2. The Morgan fingerprint density at radius 2 is 1.68 bits per heavy atom. The summed E-state index contributed by atoms with van der Waals surface area (Å²) >= 11 is 0. The van der Waals surface area contributed by atoms with Crippen molar-refractivity contribution in [1.29, 1.82) is 0 Å². The van der Waals surface area contributed by atoms with E-state index in [9.17, 15) is 9.59 Å². The molecule has 0 bridgehead atoms. The molecule has 1 unspecified atom stereocenters. The third kappa shape index (κ3) is 7.29. The van der Waals surface area contributed by atoms with E-state index in [0.717, 1.165) is 24.8 Å². The van der Waals surface area contributed by atoms with Crippen LogP contribution in [0, 0.1) is 5.92 Å². The van der Waals surface area contributed by atoms with Gasteiger partial charge in [-0.05, 0) is 51.7 Å². The Bertz CT molecular complexity index is 666. The summed E-state index contributed by atoms with van der Waals surface area (Å²) in [6, 6.07) is 3.77. The third-order valence-corrected chi connectivity index (χ3v) is 4.32. The highest BCUT2D eigenvalue weighted by molar-refractivity contribution is 5.83. The molecular formula is C21H33NO6. The second kappa shape index (κ2) is 10.8. The van der Waals surface area contributed by atoms with Crippen molar-refractivity contribution in [3.8, 4) is 17.2 Å². The fourth-order valence-electron chi connectivity index (χ4n) is 3.07. The lowest BCUT2D eigenvalue weighted by molar-refractivity contribution is -0.141. The number of aryl methyl sites for hydroxylation is 1. The van der Waals surface area contributed by atoms with Crippen LogP contribution in [0.3, 0.4) is 0 Å². The predicted molar refractivity (Wildman–Crippen MR) is 107 cm³/mol. The first-order chi connectivity index (χ1) is 13.1. The van der Waals surface area contributed by atoms with Gasteiger partial charge in [-0.2, -0.15) is 0 Å². The number of carbonyl (C=O) groups excluding carboxylic acids is 1. The first-order valence-electron chi connectivity index (χ1n) is 9.44. The molecule has 1 rings (SSSR count). The van der Waals surface area contributed by atoms with Gasteiger partial charge < -0.3 is 24.6 Å². The second-order valence-corrected chi connectivity index (χ2v) is 7.77. The monoisotopic (exact) mass is 395 g/mol. The number of ether oxygens (including phenoxy) is 3. The lowest BCUT2D eigenvalue weighted by Crippen LogP contribution is -2.44. The molecule has 0 saturated carbocycles. The molecule has 1 amide bonds. The SMILES string of the molecule is COc1ccc(CCCCC(CC(=O)O)C(=O)NC(C)(C)C)c(OC)c1OC. The van der Waals surface area contributed by atoms with Crippen molar-refractivity contribution in [2.45, 2.75) is 58.4 Å². The van der Waals surface area contributed by atoms with Crippen LogP contribution in [0.15, 0.2) is 12.1 Å². The summed E-state index contributed by atoms with van der Waals surface area (Å²) in [5, 5.41) is 12.0. The number of carboxylic acid groups (broad SMARTS) is 1. The smallest absolute Gasteiger partial charge is 0.304 e. The minimum absolute atomic E-state index is 0.165. The summed E-state index contributed by atoms with van der Waals surface area (Å²) in [5.41, 5.74) is 0.593. The number of aliphatic carboxylic acids is 1. The van der Waals surface area contributed by atoms with Gasteiger partial charge in [-0.3, -0.25) is 9.59 Å². The van der Waals surface area contributed by atoms with E-state index >= 15 is 0 Å². The molecule has 1 atom stereocenters. The third-order valence-electron chi connectivity index (χ3n) is 4.32. The van der Waals surface area contributed by atoms with Crippen molar-refractivity contribution in [3.05, 3.63) is 17.7 Å². The van der Waals surface area contributed by atoms with E-state index in [0.29, 0.717) is 23.7 Å². The summed E-state index contributed by atoms with van der Waals surface area (Å²) in [6.07, 6.45) is 2.60. The molecule has 2 N–H and O–H groups in total. The maximum absolute atomic E-state index is 12.4. The summed E-state index contributed by atoms with van der Waals surface area (Å²) in [4.78, 5) is 23.5. The first kappa shape index (κ1) is 23.6. The van der Waals surface area contributed by atoms with Gasteiger partial charge in [0.25, 0.3) is 0 Å². The number of unbranched alkanes of at least 4 members (excludes halogenated alkanes) is 1. The minimum atomic E-state index is -0.962. The number of methoxy groups -OCH3 is 3. The van der Waals surface area contributed by atoms with Crippen molar-refractivity contribution in [2.75, 3.05) is 21.3 Å². The Labute approximate surface area is 167 Å². The molecule has 0 aliphatic heterocycles. The summed E-state index contributed by atoms with van der Waals surface area (Å²) in [5.74, 6) is 0.0759. The van der Waals surface area contributed by atoms with E-state index in [1.54, 1.807) is 21.3 Å². The molecule has 7 nitrogen and oxygen atoms in total. The van der Waals surface area contributed by atoms with Crippen LogP contribution in [-0.2, 0) is 16.0 Å². The van der Waals surface area contributed by atoms with Crippen LogP contribution in [-0.4, -0.2) is 43.9 Å². The number of carboxylic acids is 1. The topological polar surface area (TPSA) is 94.1 Å². The molecule has 0 spiro atoms. The molecule has 28 heavy (non-hydrogen) atoms. The predicted octanol–water partition coefficient (Wildman–Crippen LogP) is 3.43. The second-order valence-electron chi connectivity index (χ2n) is 7.77. The maximum atomic E-state index is 12.4. The lowest BCUT2D eigenvalue weighted by atomic mass is 9.94. The van der Waals surface area contributed by atoms with Crippen LogP contribution in [0.2, 0.25) is 0 Å². The summed E-state index contributed by atoms with van der Waals surface area (Å²) in [6.45, 7) is 5.64. The summed E-state index contributed by atoms with van der Waals surface area (Å²) in [7, 11) is 4.72. The molecule has 0 saturated heterocycles. The summed E-state index contributed by atoms with van der Waals surface area (Å²) < 4.78 is 16.2. The van der Waals surface area contributed by atoms with Gasteiger partial charge in [-0.25, -0.2) is 0 Å². The van der Waals surface area contributed by atoms with Gasteiger partial charge in [-0.15, -0.1) is 0 Å². The van der Waals surface area contributed by atoms with Gasteiger partial charge in [0, 0.05) is 11.5 Å². The zero-order valence-electron chi connectivity index (χ0n) is 17.8. The number of rotatable bonds is 11. The Morgan fingerprint density at radius 3 is 2.18 bits per heavy atom. The zero-order chi connectivity index (χ0) is 21.3. The highest BCUT2D eigenvalue weighted by atomic mass is 16.5. The van der Waals surface area contributed by atoms with E-state index < -0.39 is 11.9 Å². The van der Waals surface area contributed by atoms with Crippen LogP contribution in [0.1, 0.15) is 52.0 Å². The molecule has 158 valence electrons. The van der Waals surface area contributed by atoms with Crippen LogP contribution < -0.4 is 19.5 Å². The minimum Gasteiger partial charge on any atom is -0.493 e. The Hall–Kier alpha value is -2.44. The molecule has 0 aromatic heterocycles. The van der Waals surface area contributed by atoms with Gasteiger partial charge in [0.15, 0.2) is 11.5 Å². The van der Waals surface area contributed by atoms with Gasteiger partial charge in [0.1, 0.15) is 0 Å². The van der Waals surface area contributed by atoms with E-state index in [2.05, 4.69) is 5.32 Å². The molecule has 7 heteroatoms. The van der Waals surface area contributed by atoms with Crippen molar-refractivity contribution >= 4 is 11.9 Å². The molecule has 1 aromatic rings. The molecular weight excluding hydrogens is 362 g/mol. The van der Waals surface area contributed by atoms with Crippen LogP contribution >= 0.6 is 0 Å². The number of hydrogen-bond acceptors (Lipinski definition) is 5.